The van der Waals surface area contributed by atoms with E-state index in [1.54, 1.807) is 0 Å². The molecule has 0 aliphatic heterocycles. The summed E-state index contributed by atoms with van der Waals surface area (Å²) in [5.41, 5.74) is 0.0538. The van der Waals surface area contributed by atoms with Crippen LogP contribution in [0.2, 0.25) is 0 Å². The van der Waals surface area contributed by atoms with Crippen LogP contribution in [0, 0.1) is 46.3 Å². The molecular weight excluding hydrogens is 360 g/mol. The lowest BCUT2D eigenvalue weighted by Gasteiger charge is -2.62. The zero-order valence-electron chi connectivity index (χ0n) is 19.5. The van der Waals surface area contributed by atoms with E-state index in [-0.39, 0.29) is 17.6 Å². The lowest BCUT2D eigenvalue weighted by molar-refractivity contribution is -0.172. The Hall–Kier alpha value is -0.120. The Morgan fingerprint density at radius 1 is 0.897 bits per heavy atom. The summed E-state index contributed by atoms with van der Waals surface area (Å²) in [6.45, 7) is 11.3. The second kappa shape index (κ2) is 7.48. The highest BCUT2D eigenvalue weighted by Crippen LogP contribution is 2.68. The van der Waals surface area contributed by atoms with Crippen molar-refractivity contribution in [1.29, 1.82) is 0 Å². The van der Waals surface area contributed by atoms with Crippen LogP contribution in [-0.4, -0.2) is 33.1 Å². The van der Waals surface area contributed by atoms with Gasteiger partial charge in [0.2, 0.25) is 0 Å². The van der Waals surface area contributed by atoms with Crippen molar-refractivity contribution >= 4 is 0 Å². The molecule has 0 aromatic carbocycles. The van der Waals surface area contributed by atoms with Gasteiger partial charge in [-0.15, -0.1) is 0 Å². The molecule has 3 heteroatoms. The summed E-state index contributed by atoms with van der Waals surface area (Å²) in [4.78, 5) is 0. The highest BCUT2D eigenvalue weighted by Gasteiger charge is 2.62. The zero-order valence-corrected chi connectivity index (χ0v) is 19.5. The van der Waals surface area contributed by atoms with E-state index in [2.05, 4.69) is 20.8 Å². The third kappa shape index (κ3) is 3.72. The molecule has 0 aromatic rings. The van der Waals surface area contributed by atoms with Gasteiger partial charge >= 0.3 is 0 Å². The number of aliphatic hydroxyl groups excluding tert-OH is 2. The van der Waals surface area contributed by atoms with Crippen LogP contribution in [0.5, 0.6) is 0 Å². The number of hydrogen-bond donors (Lipinski definition) is 3. The van der Waals surface area contributed by atoms with Crippen LogP contribution in [0.3, 0.4) is 0 Å². The first-order valence-corrected chi connectivity index (χ1v) is 12.5. The van der Waals surface area contributed by atoms with E-state index in [1.807, 2.05) is 13.8 Å². The molecule has 0 spiro atoms. The summed E-state index contributed by atoms with van der Waals surface area (Å²) >= 11 is 0. The second-order valence-electron chi connectivity index (χ2n) is 12.8. The van der Waals surface area contributed by atoms with Crippen molar-refractivity contribution in [2.75, 3.05) is 0 Å². The number of aliphatic hydroxyl groups is 3. The molecule has 3 N–H and O–H groups in total. The highest BCUT2D eigenvalue weighted by molar-refractivity contribution is 5.11. The van der Waals surface area contributed by atoms with E-state index in [1.165, 1.54) is 25.7 Å². The van der Waals surface area contributed by atoms with Crippen LogP contribution in [0.15, 0.2) is 0 Å². The van der Waals surface area contributed by atoms with Crippen LogP contribution in [-0.2, 0) is 0 Å². The van der Waals surface area contributed by atoms with Gasteiger partial charge in [0.25, 0.3) is 0 Å². The normalized spacial score (nSPS) is 51.1. The standard InChI is InChI=1S/C26H46O3/c1-16(8-11-24(2,3)29)19-6-7-20-18-15-23(28)22-14-17(27)9-12-26(22,5)21(18)10-13-25(19,20)4/h16-23,27-29H,6-15H2,1-5H3/t16?,17-,18?,19?,20?,21?,22+,23+,25?,26?/m1/s1. The van der Waals surface area contributed by atoms with Crippen LogP contribution in [0.4, 0.5) is 0 Å². The monoisotopic (exact) mass is 406 g/mol. The van der Waals surface area contributed by atoms with Gasteiger partial charge in [-0.05, 0) is 124 Å². The lowest BCUT2D eigenvalue weighted by atomic mass is 9.43. The molecule has 3 nitrogen and oxygen atoms in total. The van der Waals surface area contributed by atoms with Crippen molar-refractivity contribution in [2.45, 2.75) is 117 Å². The van der Waals surface area contributed by atoms with E-state index in [0.29, 0.717) is 23.2 Å². The van der Waals surface area contributed by atoms with Gasteiger partial charge < -0.3 is 15.3 Å². The molecule has 0 amide bonds. The summed E-state index contributed by atoms with van der Waals surface area (Å²) in [7, 11) is 0. The largest absolute Gasteiger partial charge is 0.393 e. The number of hydrogen-bond acceptors (Lipinski definition) is 3. The summed E-state index contributed by atoms with van der Waals surface area (Å²) in [5, 5.41) is 31.6. The molecule has 0 bridgehead atoms. The Labute approximate surface area is 178 Å². The van der Waals surface area contributed by atoms with E-state index in [4.69, 9.17) is 0 Å². The van der Waals surface area contributed by atoms with Gasteiger partial charge in [0.1, 0.15) is 0 Å². The van der Waals surface area contributed by atoms with Crippen LogP contribution >= 0.6 is 0 Å². The minimum Gasteiger partial charge on any atom is -0.393 e. The maximum absolute atomic E-state index is 11.1. The minimum atomic E-state index is -0.562. The molecule has 7 unspecified atom stereocenters. The first kappa shape index (κ1) is 22.1. The molecule has 4 saturated carbocycles. The molecule has 10 atom stereocenters. The second-order valence-corrected chi connectivity index (χ2v) is 12.8. The maximum Gasteiger partial charge on any atom is 0.0591 e. The fourth-order valence-electron chi connectivity index (χ4n) is 9.04. The molecule has 4 aliphatic carbocycles. The average molecular weight is 407 g/mol. The molecule has 4 rings (SSSR count). The smallest absolute Gasteiger partial charge is 0.0591 e. The van der Waals surface area contributed by atoms with E-state index in [0.717, 1.165) is 56.3 Å². The zero-order chi connectivity index (χ0) is 21.2. The van der Waals surface area contributed by atoms with Crippen LogP contribution in [0.1, 0.15) is 98.8 Å². The number of fused-ring (bicyclic) bond motifs is 5. The van der Waals surface area contributed by atoms with Crippen molar-refractivity contribution < 1.29 is 15.3 Å². The lowest BCUT2D eigenvalue weighted by Crippen LogP contribution is -2.58. The molecular formula is C26H46O3. The fourth-order valence-corrected chi connectivity index (χ4v) is 9.04. The van der Waals surface area contributed by atoms with Crippen molar-refractivity contribution in [3.8, 4) is 0 Å². The third-order valence-electron chi connectivity index (χ3n) is 10.6. The number of rotatable bonds is 4. The third-order valence-corrected chi connectivity index (χ3v) is 10.6. The summed E-state index contributed by atoms with van der Waals surface area (Å²) in [5.74, 6) is 3.84. The molecule has 0 heterocycles. The van der Waals surface area contributed by atoms with Crippen molar-refractivity contribution in [3.05, 3.63) is 0 Å². The topological polar surface area (TPSA) is 60.7 Å². The van der Waals surface area contributed by atoms with Crippen LogP contribution < -0.4 is 0 Å². The Morgan fingerprint density at radius 3 is 2.24 bits per heavy atom. The van der Waals surface area contributed by atoms with Gasteiger partial charge in [-0.2, -0.15) is 0 Å². The fraction of sp³-hybridized carbons (Fsp3) is 1.00. The predicted octanol–water partition coefficient (Wildman–Crippen LogP) is 5.16. The summed E-state index contributed by atoms with van der Waals surface area (Å²) in [6.07, 6.45) is 10.6. The highest BCUT2D eigenvalue weighted by atomic mass is 16.3. The minimum absolute atomic E-state index is 0.208. The van der Waals surface area contributed by atoms with Gasteiger partial charge in [-0.3, -0.25) is 0 Å². The first-order valence-electron chi connectivity index (χ1n) is 12.5. The Kier molecular flexibility index (Phi) is 5.70. The van der Waals surface area contributed by atoms with Gasteiger partial charge in [0, 0.05) is 0 Å². The predicted molar refractivity (Wildman–Crippen MR) is 117 cm³/mol. The first-order chi connectivity index (χ1) is 13.5. The van der Waals surface area contributed by atoms with E-state index in [9.17, 15) is 15.3 Å². The van der Waals surface area contributed by atoms with Crippen molar-refractivity contribution in [1.82, 2.24) is 0 Å². The van der Waals surface area contributed by atoms with Crippen LogP contribution in [0.25, 0.3) is 0 Å². The summed E-state index contributed by atoms with van der Waals surface area (Å²) < 4.78 is 0. The Balaban J connectivity index is 1.53. The molecule has 0 saturated heterocycles. The molecule has 0 aromatic heterocycles. The van der Waals surface area contributed by atoms with Gasteiger partial charge in [0.15, 0.2) is 0 Å². The molecule has 168 valence electrons. The molecule has 4 fully saturated rings. The Morgan fingerprint density at radius 2 is 1.55 bits per heavy atom. The maximum atomic E-state index is 11.1. The summed E-state index contributed by atoms with van der Waals surface area (Å²) in [6, 6.07) is 0. The van der Waals surface area contributed by atoms with E-state index < -0.39 is 5.60 Å². The van der Waals surface area contributed by atoms with Gasteiger partial charge in [-0.25, -0.2) is 0 Å². The van der Waals surface area contributed by atoms with Gasteiger partial charge in [-0.1, -0.05) is 20.8 Å². The van der Waals surface area contributed by atoms with Crippen molar-refractivity contribution in [3.63, 3.8) is 0 Å². The molecule has 4 aliphatic rings. The molecule has 29 heavy (non-hydrogen) atoms. The van der Waals surface area contributed by atoms with Gasteiger partial charge in [0.05, 0.1) is 17.8 Å². The quantitative estimate of drug-likeness (QED) is 0.604. The SMILES string of the molecule is CC(CCC(C)(C)O)C1CCC2C3C[C@H](O)[C@@H]4C[C@H](O)CCC4(C)C3CCC12C. The Bertz CT molecular complexity index is 597. The van der Waals surface area contributed by atoms with E-state index >= 15 is 0 Å². The van der Waals surface area contributed by atoms with Crippen molar-refractivity contribution in [2.24, 2.45) is 46.3 Å². The molecule has 0 radical (unpaired) electrons. The average Bonchev–Trinajstić information content (AvgIpc) is 2.98.